The highest BCUT2D eigenvalue weighted by atomic mass is 35.5. The van der Waals surface area contributed by atoms with Gasteiger partial charge in [0.1, 0.15) is 15.8 Å². The smallest absolute Gasteiger partial charge is 0.326 e. The number of benzene rings is 6. The van der Waals surface area contributed by atoms with E-state index in [0.717, 1.165) is 76.3 Å². The number of halogens is 1. The summed E-state index contributed by atoms with van der Waals surface area (Å²) < 4.78 is 69.5. The van der Waals surface area contributed by atoms with Gasteiger partial charge in [-0.3, -0.25) is 28.8 Å². The van der Waals surface area contributed by atoms with E-state index >= 15 is 0 Å². The van der Waals surface area contributed by atoms with Crippen molar-refractivity contribution < 1.29 is 84.7 Å². The van der Waals surface area contributed by atoms with Gasteiger partial charge >= 0.3 is 17.9 Å². The number of rotatable bonds is 41. The van der Waals surface area contributed by atoms with Crippen molar-refractivity contribution in [2.24, 2.45) is 57.5 Å². The van der Waals surface area contributed by atoms with Crippen molar-refractivity contribution in [1.82, 2.24) is 40.9 Å². The summed E-state index contributed by atoms with van der Waals surface area (Å²) in [5.74, 6) is -2.02. The number of tetrazole rings is 1. The number of anilines is 1. The Morgan fingerprint density at radius 2 is 1.35 bits per heavy atom. The highest BCUT2D eigenvalue weighted by Crippen LogP contribution is 2.36. The summed E-state index contributed by atoms with van der Waals surface area (Å²) >= 11 is 5.72. The van der Waals surface area contributed by atoms with Gasteiger partial charge in [0.2, 0.25) is 49.5 Å². The summed E-state index contributed by atoms with van der Waals surface area (Å²) in [7, 11) is -4.51. The molecule has 0 radical (unpaired) electrons. The molecular weight excluding hydrogens is 1580 g/mol. The first-order valence-corrected chi connectivity index (χ1v) is 42.8. The summed E-state index contributed by atoms with van der Waals surface area (Å²) in [6.07, 6.45) is 4.17. The molecule has 0 saturated carbocycles. The number of amides is 4. The number of aliphatic hydroxyl groups is 1. The number of nitrogens with one attached hydrogen (secondary N) is 5. The van der Waals surface area contributed by atoms with Crippen LogP contribution in [0.1, 0.15) is 151 Å². The fourth-order valence-electron chi connectivity index (χ4n) is 12.9. The van der Waals surface area contributed by atoms with Crippen molar-refractivity contribution in [3.05, 3.63) is 155 Å². The van der Waals surface area contributed by atoms with E-state index in [1.807, 2.05) is 156 Å². The number of carboxylic acid groups (broad SMARTS) is 2. The van der Waals surface area contributed by atoms with Crippen LogP contribution in [0, 0.1) is 40.9 Å². The van der Waals surface area contributed by atoms with Crippen LogP contribution in [0.3, 0.4) is 0 Å². The lowest BCUT2D eigenvalue weighted by molar-refractivity contribution is -0.153. The van der Waals surface area contributed by atoms with Crippen LogP contribution in [0.25, 0.3) is 33.6 Å². The molecule has 0 aliphatic carbocycles. The van der Waals surface area contributed by atoms with Gasteiger partial charge in [0.25, 0.3) is 0 Å². The van der Waals surface area contributed by atoms with Crippen LogP contribution in [0.5, 0.6) is 11.5 Å². The second-order valence-electron chi connectivity index (χ2n) is 30.7. The number of fused-ring (bicyclic) bond motifs is 1. The zero-order valence-electron chi connectivity index (χ0n) is 69.7. The molecule has 0 spiro atoms. The van der Waals surface area contributed by atoms with Crippen molar-refractivity contribution in [2.45, 2.75) is 187 Å². The highest BCUT2D eigenvalue weighted by Gasteiger charge is 2.35. The van der Waals surface area contributed by atoms with Gasteiger partial charge in [-0.25, -0.2) is 26.8 Å². The van der Waals surface area contributed by atoms with Crippen LogP contribution in [-0.2, 0) is 82.5 Å². The van der Waals surface area contributed by atoms with E-state index in [-0.39, 0.29) is 108 Å². The molecule has 6 aromatic carbocycles. The number of methoxy groups -OCH3 is 2. The Morgan fingerprint density at radius 3 is 1.92 bits per heavy atom. The number of aliphatic hydroxyl groups excluding tert-OH is 1. The normalized spacial score (nSPS) is 14.1. The predicted molar refractivity (Wildman–Crippen MR) is 452 cm³/mol. The number of nitrogens with two attached hydrogens (primary N) is 3. The van der Waals surface area contributed by atoms with Crippen LogP contribution >= 0.6 is 11.6 Å². The molecule has 1 aromatic heterocycles. The molecule has 7 atom stereocenters. The highest BCUT2D eigenvalue weighted by molar-refractivity contribution is 7.90. The number of aromatic amines is 1. The van der Waals surface area contributed by atoms with Gasteiger partial charge in [0, 0.05) is 69.6 Å². The molecule has 4 amide bonds. The van der Waals surface area contributed by atoms with Gasteiger partial charge in [-0.1, -0.05) is 183 Å². The zero-order chi connectivity index (χ0) is 87.6. The molecule has 118 heavy (non-hydrogen) atoms. The van der Waals surface area contributed by atoms with E-state index in [4.69, 9.17) is 52.3 Å². The van der Waals surface area contributed by atoms with Gasteiger partial charge in [-0.2, -0.15) is 9.94 Å². The first-order chi connectivity index (χ1) is 55.7. The molecule has 0 saturated heterocycles. The molecule has 0 unspecified atom stereocenters. The van der Waals surface area contributed by atoms with Crippen molar-refractivity contribution in [3.63, 3.8) is 0 Å². The van der Waals surface area contributed by atoms with Gasteiger partial charge < -0.3 is 66.6 Å². The van der Waals surface area contributed by atoms with Gasteiger partial charge in [0.05, 0.1) is 61.6 Å². The summed E-state index contributed by atoms with van der Waals surface area (Å²) in [4.78, 5) is 85.1. The molecule has 30 nitrogen and oxygen atoms in total. The van der Waals surface area contributed by atoms with Gasteiger partial charge in [-0.05, 0) is 151 Å². The third-order valence-electron chi connectivity index (χ3n) is 19.9. The molecule has 0 bridgehead atoms. The minimum Gasteiger partial charge on any atom is -0.493 e. The minimum atomic E-state index is -4.07. The number of primary amides is 1. The number of aromatic nitrogens is 4. The van der Waals surface area contributed by atoms with E-state index in [2.05, 4.69) is 55.1 Å². The number of unbranched alkanes of at least 4 members (excludes halogenated alkanes) is 1. The van der Waals surface area contributed by atoms with Crippen LogP contribution in [-0.4, -0.2) is 171 Å². The first kappa shape index (κ1) is 98.6. The molecule has 1 aliphatic rings. The molecule has 646 valence electrons. The third kappa shape index (κ3) is 31.7. The third-order valence-corrected chi connectivity index (χ3v) is 22.7. The number of primary sulfonamides is 1. The Balaban J connectivity index is 0.000000289. The molecular formula is C85H119ClN12O18S2. The van der Waals surface area contributed by atoms with Crippen LogP contribution < -0.4 is 46.8 Å². The van der Waals surface area contributed by atoms with E-state index in [9.17, 15) is 60.6 Å². The number of nitrogens with zero attached hydrogens (tertiary/aromatic N) is 4. The van der Waals surface area contributed by atoms with E-state index in [1.165, 1.54) is 11.0 Å². The van der Waals surface area contributed by atoms with Gasteiger partial charge in [-0.15, -0.1) is 10.2 Å². The maximum atomic E-state index is 12.9. The quantitative estimate of drug-likeness (QED) is 0.0125. The average Bonchev–Trinajstić information content (AvgIpc) is 0.848. The largest absolute Gasteiger partial charge is 0.493 e. The fourth-order valence-corrected chi connectivity index (χ4v) is 15.1. The topological polar surface area (TPSA) is 469 Å². The van der Waals surface area contributed by atoms with E-state index in [0.29, 0.717) is 68.7 Å². The molecule has 2 heterocycles. The van der Waals surface area contributed by atoms with Crippen LogP contribution in [0.15, 0.2) is 143 Å². The van der Waals surface area contributed by atoms with Gasteiger partial charge in [0.15, 0.2) is 11.5 Å². The molecule has 14 N–H and O–H groups in total. The SMILES string of the molecule is CCCCC(=O)N(Cc1ccc(-c2ccccc2-c2nn[nH]n2)cc1)[C@H](C(=O)O)C(C)C.CCOC(=O)[C@H](C)C[C@@H](Cc1ccc(-c2ccccc2)cc1)NC(=O)CCC(=O)O.COCCCOc1cc(C[C@@H](C[C@H](N)[C@@H](O)C[C@@H](C(=O)NCC(C)(C)C(N)=O)C(C)C)C(C)C)ccc1OC.NS(=O)(=O)c1cc2c(cc1Cl)NCNS2(=O)=O. The lowest BCUT2D eigenvalue weighted by atomic mass is 9.80. The average molecular weight is 1700 g/mol. The number of hydrogen-bond acceptors (Lipinski definition) is 21. The van der Waals surface area contributed by atoms with Crippen molar-refractivity contribution >= 4 is 78.9 Å². The molecule has 1 aliphatic heterocycles. The number of ether oxygens (including phenoxy) is 4. The number of carboxylic acids is 2. The van der Waals surface area contributed by atoms with E-state index in [1.54, 1.807) is 41.9 Å². The van der Waals surface area contributed by atoms with E-state index < -0.39 is 72.3 Å². The number of aliphatic carboxylic acids is 2. The number of esters is 1. The number of H-pyrrole nitrogens is 1. The minimum absolute atomic E-state index is 0.00829. The second-order valence-corrected chi connectivity index (χ2v) is 34.3. The molecule has 0 fully saturated rings. The molecule has 7 aromatic rings. The molecule has 8 rings (SSSR count). The Kier molecular flexibility index (Phi) is 40.3. The fraction of sp³-hybridized carbons (Fsp3) is 0.482. The molecule has 33 heteroatoms. The number of hydrogen-bond donors (Lipinski definition) is 11. The van der Waals surface area contributed by atoms with Crippen LogP contribution in [0.4, 0.5) is 5.69 Å². The summed E-state index contributed by atoms with van der Waals surface area (Å²) in [6, 6.07) is 40.1. The monoisotopic (exact) mass is 1690 g/mol. The zero-order valence-corrected chi connectivity index (χ0v) is 72.1. The number of carbonyl (C=O) groups is 7. The van der Waals surface area contributed by atoms with Crippen molar-refractivity contribution in [2.75, 3.05) is 52.6 Å². The van der Waals surface area contributed by atoms with Crippen molar-refractivity contribution in [1.29, 1.82) is 0 Å². The summed E-state index contributed by atoms with van der Waals surface area (Å²) in [6.45, 7) is 22.6. The standard InChI is InChI=1S/C30H53N3O6.C24H29N5O3.C24H29NO5.C7H8ClN3O4S2/c1-19(2)22(14-21-10-11-26(38-8)27(15-21)39-13-9-12-37-7)16-24(31)25(34)17-23(20(3)4)28(35)33-18-30(5,6)29(32)36;1-4-5-10-21(30)29(22(16(2)3)24(31)32)15-17-11-13-18(14-12-17)19-8-6-7-9-20(19)23-25-27-28-26-23;1-3-30-24(29)17(2)15-21(25-22(26)13-14-23(27)28)16-18-9-11-20(12-10-18)19-7-5-4-6-8-19;8-4-1-5-7(2-6(4)16(9,12)13)17(14,15)11-3-10-5/h10-11,15,19-20,22-25,34H,9,12-14,16-18,31H2,1-8H3,(H2,32,36)(H,33,35);6-9,11-14,16,22H,4-5,10,15H2,1-3H3,(H,31,32)(H,25,26,27,28);4-12,17,21H,3,13-16H2,1-2H3,(H,25,26)(H,27,28);1-2,10-11H,3H2,(H2,9,12,13)/t22-,23+,24-,25-;22-;17-,21+;/m001./s1. The maximum Gasteiger partial charge on any atom is 0.326 e. The number of sulfonamides is 2. The predicted octanol–water partition coefficient (Wildman–Crippen LogP) is 10.9. The van der Waals surface area contributed by atoms with Crippen LogP contribution in [0.2, 0.25) is 5.02 Å². The summed E-state index contributed by atoms with van der Waals surface area (Å²) in [5.41, 5.74) is 19.3. The summed E-state index contributed by atoms with van der Waals surface area (Å²) in [5, 5.41) is 57.1. The number of carbonyl (C=O) groups excluding carboxylic acids is 5. The Morgan fingerprint density at radius 1 is 0.720 bits per heavy atom. The lowest BCUT2D eigenvalue weighted by Gasteiger charge is -2.32. The Bertz CT molecular complexity index is 4600. The first-order valence-electron chi connectivity index (χ1n) is 39.4. The Hall–Kier alpha value is -9.93. The van der Waals surface area contributed by atoms with Crippen molar-refractivity contribution in [3.8, 4) is 45.1 Å². The second kappa shape index (κ2) is 48.2. The lowest BCUT2D eigenvalue weighted by Crippen LogP contribution is -2.47. The maximum absolute atomic E-state index is 12.9. The Labute approximate surface area is 698 Å².